The summed E-state index contributed by atoms with van der Waals surface area (Å²) in [7, 11) is 0. The van der Waals surface area contributed by atoms with Crippen LogP contribution in [-0.2, 0) is 11.2 Å². The summed E-state index contributed by atoms with van der Waals surface area (Å²) in [5, 5.41) is 30.0. The molecule has 11 heteroatoms. The number of hydrogen-bond donors (Lipinski definition) is 4. The average Bonchev–Trinajstić information content (AvgIpc) is 3.46. The Kier molecular flexibility index (Phi) is 7.62. The number of hydrogen-bond acceptors (Lipinski definition) is 9. The van der Waals surface area contributed by atoms with Gasteiger partial charge in [-0.15, -0.1) is 0 Å². The first kappa shape index (κ1) is 26.8. The van der Waals surface area contributed by atoms with E-state index in [-0.39, 0.29) is 11.9 Å². The summed E-state index contributed by atoms with van der Waals surface area (Å²) in [6.07, 6.45) is 5.49. The van der Waals surface area contributed by atoms with Crippen molar-refractivity contribution in [1.29, 1.82) is 0 Å². The van der Waals surface area contributed by atoms with Gasteiger partial charge in [-0.1, -0.05) is 38.8 Å². The van der Waals surface area contributed by atoms with Crippen LogP contribution >= 0.6 is 0 Å². The number of nitrogen functional groups attached to an aromatic ring is 1. The predicted octanol–water partition coefficient (Wildman–Crippen LogP) is 3.84. The van der Waals surface area contributed by atoms with Crippen LogP contribution in [0.5, 0.6) is 0 Å². The Balaban J connectivity index is 1.26. The normalized spacial score (nSPS) is 22.9. The Labute approximate surface area is 226 Å². The number of amides is 1. The molecule has 1 aromatic carbocycles. The number of aryl methyl sites for hydroxylation is 1. The molecular formula is C28H35N7O4. The van der Waals surface area contributed by atoms with Crippen molar-refractivity contribution in [2.75, 3.05) is 17.7 Å². The summed E-state index contributed by atoms with van der Waals surface area (Å²) in [6.45, 7) is 4.49. The number of carbonyl (C=O) groups is 1. The van der Waals surface area contributed by atoms with Gasteiger partial charge in [0, 0.05) is 16.9 Å². The van der Waals surface area contributed by atoms with Crippen LogP contribution in [0.25, 0.3) is 16.6 Å². The van der Waals surface area contributed by atoms with E-state index in [0.717, 1.165) is 41.3 Å². The van der Waals surface area contributed by atoms with Gasteiger partial charge in [0.15, 0.2) is 5.65 Å². The summed E-state index contributed by atoms with van der Waals surface area (Å²) < 4.78 is 6.67. The number of rotatable bonds is 9. The second kappa shape index (κ2) is 11.1. The zero-order chi connectivity index (χ0) is 27.6. The topological polar surface area (TPSA) is 161 Å². The van der Waals surface area contributed by atoms with Crippen LogP contribution in [0.4, 0.5) is 16.6 Å². The lowest BCUT2D eigenvalue weighted by Gasteiger charge is -2.28. The lowest BCUT2D eigenvalue weighted by Crippen LogP contribution is -2.34. The monoisotopic (exact) mass is 533 g/mol. The van der Waals surface area contributed by atoms with E-state index in [4.69, 9.17) is 10.5 Å². The lowest BCUT2D eigenvalue weighted by atomic mass is 9.79. The number of aliphatic hydroxyl groups excluding tert-OH is 2. The highest BCUT2D eigenvalue weighted by atomic mass is 16.5. The molecule has 11 nitrogen and oxygen atoms in total. The smallest absolute Gasteiger partial charge is 0.412 e. The van der Waals surface area contributed by atoms with Gasteiger partial charge in [-0.2, -0.15) is 9.61 Å². The quantitative estimate of drug-likeness (QED) is 0.234. The first-order chi connectivity index (χ1) is 18.8. The summed E-state index contributed by atoms with van der Waals surface area (Å²) >= 11 is 0. The molecule has 39 heavy (non-hydrogen) atoms. The largest absolute Gasteiger partial charge is 0.449 e. The van der Waals surface area contributed by atoms with Gasteiger partial charge in [-0.3, -0.25) is 5.32 Å². The Morgan fingerprint density at radius 3 is 2.87 bits per heavy atom. The molecule has 0 radical (unpaired) electrons. The van der Waals surface area contributed by atoms with Crippen LogP contribution < -0.4 is 11.1 Å². The number of ether oxygens (including phenoxy) is 1. The molecule has 1 aliphatic carbocycles. The molecule has 5 rings (SSSR count). The molecule has 0 spiro atoms. The summed E-state index contributed by atoms with van der Waals surface area (Å²) in [5.74, 6) is 0.321. The van der Waals surface area contributed by atoms with Gasteiger partial charge in [-0.05, 0) is 54.9 Å². The number of carbonyl (C=O) groups excluding carboxylic acids is 1. The van der Waals surface area contributed by atoms with Crippen molar-refractivity contribution in [1.82, 2.24) is 24.6 Å². The van der Waals surface area contributed by atoms with Gasteiger partial charge in [0.2, 0.25) is 5.95 Å². The van der Waals surface area contributed by atoms with Crippen molar-refractivity contribution in [2.24, 2.45) is 5.41 Å². The van der Waals surface area contributed by atoms with Crippen molar-refractivity contribution < 1.29 is 19.7 Å². The fourth-order valence-corrected chi connectivity index (χ4v) is 5.51. The minimum absolute atomic E-state index is 0.217. The molecule has 1 fully saturated rings. The molecule has 3 aromatic heterocycles. The third kappa shape index (κ3) is 5.50. The highest BCUT2D eigenvalue weighted by molar-refractivity contribution is 5.87. The summed E-state index contributed by atoms with van der Waals surface area (Å²) in [4.78, 5) is 24.9. The van der Waals surface area contributed by atoms with E-state index in [1.165, 1.54) is 10.8 Å². The number of aromatic nitrogens is 5. The predicted molar refractivity (Wildman–Crippen MR) is 147 cm³/mol. The van der Waals surface area contributed by atoms with Crippen LogP contribution in [0, 0.1) is 5.41 Å². The number of nitrogens with zero attached hydrogens (tertiary/aromatic N) is 5. The van der Waals surface area contributed by atoms with Crippen molar-refractivity contribution >= 4 is 34.4 Å². The van der Waals surface area contributed by atoms with E-state index < -0.39 is 23.7 Å². The number of pyridine rings is 1. The molecule has 1 amide bonds. The van der Waals surface area contributed by atoms with Crippen LogP contribution in [0.2, 0.25) is 0 Å². The van der Waals surface area contributed by atoms with Gasteiger partial charge >= 0.3 is 6.09 Å². The molecule has 3 heterocycles. The SMILES string of the molecule is CCCCCOC(=O)Nc1ccc2ccc(CC[C@@]3(C)C[C@@H](c4cnn5c(N)ncnc45)[C@H](O)[C@@H]3O)cc2n1. The third-order valence-corrected chi connectivity index (χ3v) is 7.85. The number of fused-ring (bicyclic) bond motifs is 2. The van der Waals surface area contributed by atoms with Crippen molar-refractivity contribution in [3.05, 3.63) is 54.0 Å². The molecule has 206 valence electrons. The Morgan fingerprint density at radius 2 is 2.05 bits per heavy atom. The fraction of sp³-hybridized carbons (Fsp3) is 0.464. The van der Waals surface area contributed by atoms with E-state index in [9.17, 15) is 15.0 Å². The third-order valence-electron chi connectivity index (χ3n) is 7.85. The second-order valence-electron chi connectivity index (χ2n) is 10.7. The lowest BCUT2D eigenvalue weighted by molar-refractivity contribution is -0.0201. The summed E-state index contributed by atoms with van der Waals surface area (Å²) in [6, 6.07) is 9.71. The highest BCUT2D eigenvalue weighted by Gasteiger charge is 2.50. The minimum Gasteiger partial charge on any atom is -0.449 e. The first-order valence-corrected chi connectivity index (χ1v) is 13.4. The van der Waals surface area contributed by atoms with Crippen LogP contribution in [-0.4, -0.2) is 59.7 Å². The van der Waals surface area contributed by atoms with Gasteiger partial charge in [0.25, 0.3) is 0 Å². The van der Waals surface area contributed by atoms with E-state index in [0.29, 0.717) is 37.3 Å². The zero-order valence-corrected chi connectivity index (χ0v) is 22.2. The molecule has 0 unspecified atom stereocenters. The van der Waals surface area contributed by atoms with Crippen LogP contribution in [0.15, 0.2) is 42.9 Å². The standard InChI is InChI=1S/C28H35N7O4/c1-3-4-5-12-39-27(38)34-22-9-8-18-7-6-17(13-21(18)33-22)10-11-28(2)14-19(23(36)24(28)37)20-15-32-35-25(20)30-16-31-26(35)29/h6-9,13,15-16,19,23-24,36-37H,3-5,10-12,14H2,1-2H3,(H2,29,30,31)(H,33,34,38)/t19-,23-,24-,28-/m0/s1. The molecule has 5 N–H and O–H groups in total. The maximum absolute atomic E-state index is 12.1. The number of benzene rings is 1. The zero-order valence-electron chi connectivity index (χ0n) is 22.2. The van der Waals surface area contributed by atoms with Gasteiger partial charge in [0.05, 0.1) is 30.5 Å². The molecule has 0 aliphatic heterocycles. The van der Waals surface area contributed by atoms with Gasteiger partial charge in [0.1, 0.15) is 12.1 Å². The number of unbranched alkanes of at least 4 members (excludes halogenated alkanes) is 2. The maximum Gasteiger partial charge on any atom is 0.412 e. The number of anilines is 2. The van der Waals surface area contributed by atoms with Crippen molar-refractivity contribution in [2.45, 2.75) is 70.5 Å². The Hall–Kier alpha value is -3.83. The second-order valence-corrected chi connectivity index (χ2v) is 10.7. The maximum atomic E-state index is 12.1. The van der Waals surface area contributed by atoms with E-state index in [2.05, 4.69) is 32.3 Å². The molecule has 4 atom stereocenters. The minimum atomic E-state index is -0.951. The van der Waals surface area contributed by atoms with E-state index in [1.54, 1.807) is 12.3 Å². The molecule has 0 saturated heterocycles. The average molecular weight is 534 g/mol. The Bertz CT molecular complexity index is 1480. The van der Waals surface area contributed by atoms with Crippen molar-refractivity contribution in [3.63, 3.8) is 0 Å². The van der Waals surface area contributed by atoms with E-state index >= 15 is 0 Å². The van der Waals surface area contributed by atoms with Crippen LogP contribution in [0.3, 0.4) is 0 Å². The molecule has 4 aromatic rings. The Morgan fingerprint density at radius 1 is 1.23 bits per heavy atom. The number of aliphatic hydroxyl groups is 2. The number of nitrogens with two attached hydrogens (primary N) is 1. The number of nitrogens with one attached hydrogen (secondary N) is 1. The van der Waals surface area contributed by atoms with E-state index in [1.807, 2.05) is 31.2 Å². The molecule has 1 aliphatic rings. The van der Waals surface area contributed by atoms with Crippen LogP contribution in [0.1, 0.15) is 63.0 Å². The highest BCUT2D eigenvalue weighted by Crippen LogP contribution is 2.50. The fourth-order valence-electron chi connectivity index (χ4n) is 5.51. The van der Waals surface area contributed by atoms with Crippen molar-refractivity contribution in [3.8, 4) is 0 Å². The summed E-state index contributed by atoms with van der Waals surface area (Å²) in [5.41, 5.74) is 8.48. The van der Waals surface area contributed by atoms with Gasteiger partial charge < -0.3 is 20.7 Å². The molecule has 1 saturated carbocycles. The molecular weight excluding hydrogens is 498 g/mol. The van der Waals surface area contributed by atoms with Gasteiger partial charge in [-0.25, -0.2) is 19.7 Å². The molecule has 0 bridgehead atoms. The first-order valence-electron chi connectivity index (χ1n) is 13.4.